The quantitative estimate of drug-likeness (QED) is 0.877. The third kappa shape index (κ3) is 6.28. The van der Waals surface area contributed by atoms with Gasteiger partial charge in [-0.1, -0.05) is 37.6 Å². The van der Waals surface area contributed by atoms with Gasteiger partial charge >= 0.3 is 0 Å². The third-order valence-electron chi connectivity index (χ3n) is 2.72. The second-order valence-electron chi connectivity index (χ2n) is 5.02. The fraction of sp³-hybridized carbons (Fsp3) is 0.500. The van der Waals surface area contributed by atoms with Crippen molar-refractivity contribution in [2.75, 3.05) is 0 Å². The molecule has 1 aromatic rings. The summed E-state index contributed by atoms with van der Waals surface area (Å²) < 4.78 is 0. The van der Waals surface area contributed by atoms with E-state index in [0.29, 0.717) is 17.4 Å². The molecule has 1 aromatic carbocycles. The Morgan fingerprint density at radius 3 is 2.21 bits per heavy atom. The molecule has 0 aliphatic rings. The number of nitrogens with two attached hydrogens (primary N) is 1. The van der Waals surface area contributed by atoms with Crippen LogP contribution in [0.4, 0.5) is 0 Å². The minimum Gasteiger partial charge on any atom is -0.349 e. The van der Waals surface area contributed by atoms with Gasteiger partial charge in [-0.15, -0.1) is 12.4 Å². The van der Waals surface area contributed by atoms with Crippen molar-refractivity contribution in [3.8, 4) is 0 Å². The predicted octanol–water partition coefficient (Wildman–Crippen LogP) is 3.31. The number of carbonyl (C=O) groups is 1. The molecule has 0 saturated heterocycles. The van der Waals surface area contributed by atoms with Crippen molar-refractivity contribution < 1.29 is 4.79 Å². The highest BCUT2D eigenvalue weighted by atomic mass is 35.5. The highest BCUT2D eigenvalue weighted by molar-refractivity contribution is 6.30. The molecule has 5 heteroatoms. The Morgan fingerprint density at radius 1 is 1.26 bits per heavy atom. The number of nitrogens with one attached hydrogen (secondary N) is 1. The average molecular weight is 305 g/mol. The van der Waals surface area contributed by atoms with Crippen LogP contribution in [0.1, 0.15) is 38.8 Å². The fourth-order valence-corrected chi connectivity index (χ4v) is 1.96. The molecule has 0 radical (unpaired) electrons. The van der Waals surface area contributed by atoms with E-state index in [2.05, 4.69) is 19.2 Å². The summed E-state index contributed by atoms with van der Waals surface area (Å²) in [6, 6.07) is 7.43. The van der Waals surface area contributed by atoms with Gasteiger partial charge in [-0.05, 0) is 30.5 Å². The minimum absolute atomic E-state index is 0. The van der Waals surface area contributed by atoms with Crippen LogP contribution in [0.15, 0.2) is 24.3 Å². The average Bonchev–Trinajstić information content (AvgIpc) is 2.26. The Labute approximate surface area is 126 Å². The van der Waals surface area contributed by atoms with Gasteiger partial charge in [0, 0.05) is 17.5 Å². The standard InChI is InChI=1S/C14H21ClN2O.ClH/c1-9(2)14(17-13(18)8-10(3)16)11-4-6-12(15)7-5-11;/h4-7,9-10,14H,8,16H2,1-3H3,(H,17,18);1H. The number of rotatable bonds is 5. The van der Waals surface area contributed by atoms with Crippen LogP contribution in [0.25, 0.3) is 0 Å². The van der Waals surface area contributed by atoms with Crippen LogP contribution >= 0.6 is 24.0 Å². The normalized spacial score (nSPS) is 13.6. The summed E-state index contributed by atoms with van der Waals surface area (Å²) >= 11 is 5.87. The van der Waals surface area contributed by atoms with Gasteiger partial charge in [0.2, 0.25) is 5.91 Å². The van der Waals surface area contributed by atoms with Gasteiger partial charge in [0.05, 0.1) is 6.04 Å². The maximum Gasteiger partial charge on any atom is 0.222 e. The molecular weight excluding hydrogens is 283 g/mol. The molecule has 0 spiro atoms. The van der Waals surface area contributed by atoms with E-state index in [0.717, 1.165) is 5.56 Å². The van der Waals surface area contributed by atoms with Crippen LogP contribution < -0.4 is 11.1 Å². The zero-order chi connectivity index (χ0) is 13.7. The lowest BCUT2D eigenvalue weighted by Gasteiger charge is -2.23. The minimum atomic E-state index is -0.122. The number of halogens is 2. The van der Waals surface area contributed by atoms with Crippen LogP contribution in [0.5, 0.6) is 0 Å². The number of amides is 1. The molecule has 0 aliphatic carbocycles. The maximum atomic E-state index is 11.8. The summed E-state index contributed by atoms with van der Waals surface area (Å²) in [5, 5.41) is 3.72. The Hall–Kier alpha value is -0.770. The summed E-state index contributed by atoms with van der Waals surface area (Å²) in [4.78, 5) is 11.8. The Morgan fingerprint density at radius 2 is 1.79 bits per heavy atom. The lowest BCUT2D eigenvalue weighted by molar-refractivity contribution is -0.122. The lowest BCUT2D eigenvalue weighted by atomic mass is 9.96. The fourth-order valence-electron chi connectivity index (χ4n) is 1.83. The zero-order valence-electron chi connectivity index (χ0n) is 11.5. The first-order valence-electron chi connectivity index (χ1n) is 6.20. The van der Waals surface area contributed by atoms with Crippen LogP contribution in [0, 0.1) is 5.92 Å². The van der Waals surface area contributed by atoms with Gasteiger partial charge in [-0.3, -0.25) is 4.79 Å². The zero-order valence-corrected chi connectivity index (χ0v) is 13.1. The van der Waals surface area contributed by atoms with Crippen molar-refractivity contribution in [1.82, 2.24) is 5.32 Å². The number of benzene rings is 1. The van der Waals surface area contributed by atoms with Gasteiger partial charge in [0.25, 0.3) is 0 Å². The van der Waals surface area contributed by atoms with E-state index in [1.54, 1.807) is 0 Å². The molecule has 0 fully saturated rings. The van der Waals surface area contributed by atoms with Gasteiger partial charge < -0.3 is 11.1 Å². The first-order chi connectivity index (χ1) is 8.40. The highest BCUT2D eigenvalue weighted by Crippen LogP contribution is 2.23. The largest absolute Gasteiger partial charge is 0.349 e. The van der Waals surface area contributed by atoms with Crippen LogP contribution in [0.3, 0.4) is 0 Å². The SMILES string of the molecule is CC(N)CC(=O)NC(c1ccc(Cl)cc1)C(C)C.Cl. The first-order valence-corrected chi connectivity index (χ1v) is 6.58. The van der Waals surface area contributed by atoms with Gasteiger partial charge in [0.15, 0.2) is 0 Å². The Kier molecular flexibility index (Phi) is 8.07. The summed E-state index contributed by atoms with van der Waals surface area (Å²) in [5.41, 5.74) is 6.69. The molecule has 0 aromatic heterocycles. The molecule has 19 heavy (non-hydrogen) atoms. The molecule has 1 amide bonds. The molecule has 0 heterocycles. The van der Waals surface area contributed by atoms with Crippen molar-refractivity contribution in [3.05, 3.63) is 34.9 Å². The monoisotopic (exact) mass is 304 g/mol. The maximum absolute atomic E-state index is 11.8. The van der Waals surface area contributed by atoms with Gasteiger partial charge in [0.1, 0.15) is 0 Å². The number of hydrogen-bond acceptors (Lipinski definition) is 2. The number of hydrogen-bond donors (Lipinski definition) is 2. The van der Waals surface area contributed by atoms with E-state index in [4.69, 9.17) is 17.3 Å². The predicted molar refractivity (Wildman–Crippen MR) is 82.7 cm³/mol. The molecule has 3 N–H and O–H groups in total. The Bertz CT molecular complexity index is 391. The van der Waals surface area contributed by atoms with Crippen LogP contribution in [-0.2, 0) is 4.79 Å². The smallest absolute Gasteiger partial charge is 0.222 e. The van der Waals surface area contributed by atoms with E-state index < -0.39 is 0 Å². The molecule has 108 valence electrons. The molecule has 2 unspecified atom stereocenters. The van der Waals surface area contributed by atoms with Crippen molar-refractivity contribution in [2.24, 2.45) is 11.7 Å². The van der Waals surface area contributed by atoms with Crippen LogP contribution in [0.2, 0.25) is 5.02 Å². The molecular formula is C14H22Cl2N2O. The molecule has 3 nitrogen and oxygen atoms in total. The summed E-state index contributed by atoms with van der Waals surface area (Å²) in [5.74, 6) is 0.293. The molecule has 0 bridgehead atoms. The van der Waals surface area contributed by atoms with Crippen molar-refractivity contribution in [1.29, 1.82) is 0 Å². The summed E-state index contributed by atoms with van der Waals surface area (Å²) in [7, 11) is 0. The van der Waals surface area contributed by atoms with E-state index in [1.807, 2.05) is 31.2 Å². The van der Waals surface area contributed by atoms with Crippen molar-refractivity contribution in [3.63, 3.8) is 0 Å². The molecule has 2 atom stereocenters. The molecule has 1 rings (SSSR count). The van der Waals surface area contributed by atoms with Crippen molar-refractivity contribution in [2.45, 2.75) is 39.3 Å². The first kappa shape index (κ1) is 18.2. The van der Waals surface area contributed by atoms with Gasteiger partial charge in [-0.25, -0.2) is 0 Å². The summed E-state index contributed by atoms with van der Waals surface area (Å²) in [6.07, 6.45) is 0.344. The molecule has 0 aliphatic heterocycles. The third-order valence-corrected chi connectivity index (χ3v) is 2.97. The summed E-state index contributed by atoms with van der Waals surface area (Å²) in [6.45, 7) is 5.98. The van der Waals surface area contributed by atoms with E-state index in [9.17, 15) is 4.79 Å². The van der Waals surface area contributed by atoms with E-state index in [1.165, 1.54) is 0 Å². The van der Waals surface area contributed by atoms with E-state index >= 15 is 0 Å². The topological polar surface area (TPSA) is 55.1 Å². The number of carbonyl (C=O) groups excluding carboxylic acids is 1. The second kappa shape index (κ2) is 8.41. The highest BCUT2D eigenvalue weighted by Gasteiger charge is 2.18. The van der Waals surface area contributed by atoms with Crippen molar-refractivity contribution >= 4 is 29.9 Å². The molecule has 0 saturated carbocycles. The van der Waals surface area contributed by atoms with Crippen LogP contribution in [-0.4, -0.2) is 11.9 Å². The van der Waals surface area contributed by atoms with E-state index in [-0.39, 0.29) is 30.4 Å². The second-order valence-corrected chi connectivity index (χ2v) is 5.46. The Balaban J connectivity index is 0.00000324. The lowest BCUT2D eigenvalue weighted by Crippen LogP contribution is -2.35. The van der Waals surface area contributed by atoms with Gasteiger partial charge in [-0.2, -0.15) is 0 Å².